The lowest BCUT2D eigenvalue weighted by molar-refractivity contribution is -0.122. The van der Waals surface area contributed by atoms with Crippen molar-refractivity contribution in [1.29, 1.82) is 0 Å². The zero-order valence-electron chi connectivity index (χ0n) is 14.8. The lowest BCUT2D eigenvalue weighted by Crippen LogP contribution is -2.48. The maximum absolute atomic E-state index is 12.3. The summed E-state index contributed by atoms with van der Waals surface area (Å²) in [6.45, 7) is 7.19. The van der Waals surface area contributed by atoms with Crippen molar-refractivity contribution in [2.75, 3.05) is 45.9 Å². The van der Waals surface area contributed by atoms with E-state index in [1.807, 2.05) is 12.1 Å². The molecule has 1 amide bonds. The van der Waals surface area contributed by atoms with Crippen LogP contribution in [0.3, 0.4) is 0 Å². The van der Waals surface area contributed by atoms with Crippen molar-refractivity contribution in [3.63, 3.8) is 0 Å². The van der Waals surface area contributed by atoms with Gasteiger partial charge >= 0.3 is 0 Å². The average Bonchev–Trinajstić information content (AvgIpc) is 2.63. The van der Waals surface area contributed by atoms with Crippen molar-refractivity contribution >= 4 is 17.5 Å². The fourth-order valence-electron chi connectivity index (χ4n) is 3.55. The number of rotatable bonds is 6. The van der Waals surface area contributed by atoms with E-state index in [1.54, 1.807) is 0 Å². The zero-order valence-corrected chi connectivity index (χ0v) is 15.5. The van der Waals surface area contributed by atoms with Gasteiger partial charge in [0.25, 0.3) is 0 Å². The van der Waals surface area contributed by atoms with Gasteiger partial charge in [-0.2, -0.15) is 0 Å². The first-order chi connectivity index (χ1) is 12.2. The number of hydrogen-bond donors (Lipinski definition) is 1. The zero-order chi connectivity index (χ0) is 17.5. The van der Waals surface area contributed by atoms with Crippen LogP contribution < -0.4 is 5.32 Å². The standard InChI is InChI=1S/C19H28ClN3O2/c20-17-5-3-16(4-6-17)14-23-8-1-2-18(15-23)21-19(24)7-9-22-10-12-25-13-11-22/h3-6,18H,1-2,7-15H2,(H,21,24). The summed E-state index contributed by atoms with van der Waals surface area (Å²) in [5.41, 5.74) is 1.27. The fourth-order valence-corrected chi connectivity index (χ4v) is 3.68. The molecule has 1 unspecified atom stereocenters. The van der Waals surface area contributed by atoms with Crippen molar-refractivity contribution in [3.8, 4) is 0 Å². The molecular formula is C19H28ClN3O2. The second-order valence-corrected chi connectivity index (χ2v) is 7.41. The van der Waals surface area contributed by atoms with E-state index < -0.39 is 0 Å². The van der Waals surface area contributed by atoms with Gasteiger partial charge in [0.1, 0.15) is 0 Å². The van der Waals surface area contributed by atoms with Gasteiger partial charge in [0, 0.05) is 50.2 Å². The minimum Gasteiger partial charge on any atom is -0.379 e. The number of amides is 1. The normalized spacial score (nSPS) is 22.7. The largest absolute Gasteiger partial charge is 0.379 e. The van der Waals surface area contributed by atoms with E-state index in [4.69, 9.17) is 16.3 Å². The molecule has 1 N–H and O–H groups in total. The molecule has 6 heteroatoms. The third kappa shape index (κ3) is 6.26. The number of morpholine rings is 1. The lowest BCUT2D eigenvalue weighted by Gasteiger charge is -2.33. The fraction of sp³-hybridized carbons (Fsp3) is 0.632. The maximum atomic E-state index is 12.3. The van der Waals surface area contributed by atoms with E-state index in [9.17, 15) is 4.79 Å². The summed E-state index contributed by atoms with van der Waals surface area (Å²) in [5, 5.41) is 3.99. The first-order valence-corrected chi connectivity index (χ1v) is 9.63. The topological polar surface area (TPSA) is 44.8 Å². The first kappa shape index (κ1) is 18.6. The predicted molar refractivity (Wildman–Crippen MR) is 99.8 cm³/mol. The number of piperidine rings is 1. The van der Waals surface area contributed by atoms with E-state index in [0.29, 0.717) is 6.42 Å². The van der Waals surface area contributed by atoms with E-state index in [0.717, 1.165) is 70.3 Å². The molecule has 0 aliphatic carbocycles. The molecule has 1 aromatic carbocycles. The summed E-state index contributed by atoms with van der Waals surface area (Å²) in [4.78, 5) is 17.0. The summed E-state index contributed by atoms with van der Waals surface area (Å²) < 4.78 is 5.34. The third-order valence-electron chi connectivity index (χ3n) is 4.95. The quantitative estimate of drug-likeness (QED) is 0.839. The third-order valence-corrected chi connectivity index (χ3v) is 5.20. The number of halogens is 1. The highest BCUT2D eigenvalue weighted by molar-refractivity contribution is 6.30. The molecule has 3 rings (SSSR count). The minimum atomic E-state index is 0.171. The molecule has 1 atom stereocenters. The van der Waals surface area contributed by atoms with Gasteiger partial charge in [0.15, 0.2) is 0 Å². The Kier molecular flexibility index (Phi) is 7.11. The van der Waals surface area contributed by atoms with Crippen molar-refractivity contribution in [3.05, 3.63) is 34.9 Å². The van der Waals surface area contributed by atoms with Gasteiger partial charge in [-0.1, -0.05) is 23.7 Å². The van der Waals surface area contributed by atoms with Gasteiger partial charge in [-0.05, 0) is 37.1 Å². The molecule has 2 fully saturated rings. The minimum absolute atomic E-state index is 0.171. The van der Waals surface area contributed by atoms with Crippen molar-refractivity contribution in [1.82, 2.24) is 15.1 Å². The number of carbonyl (C=O) groups is 1. The molecule has 5 nitrogen and oxygen atoms in total. The maximum Gasteiger partial charge on any atom is 0.221 e. The van der Waals surface area contributed by atoms with Crippen molar-refractivity contribution < 1.29 is 9.53 Å². The van der Waals surface area contributed by atoms with E-state index in [1.165, 1.54) is 5.56 Å². The molecule has 0 spiro atoms. The molecule has 2 aliphatic rings. The van der Waals surface area contributed by atoms with Gasteiger partial charge in [-0.3, -0.25) is 14.6 Å². The smallest absolute Gasteiger partial charge is 0.221 e. The molecule has 2 aliphatic heterocycles. The lowest BCUT2D eigenvalue weighted by atomic mass is 10.0. The van der Waals surface area contributed by atoms with E-state index in [-0.39, 0.29) is 11.9 Å². The van der Waals surface area contributed by atoms with Crippen LogP contribution in [0, 0.1) is 0 Å². The number of hydrogen-bond acceptors (Lipinski definition) is 4. The van der Waals surface area contributed by atoms with E-state index >= 15 is 0 Å². The Morgan fingerprint density at radius 1 is 1.16 bits per heavy atom. The van der Waals surface area contributed by atoms with Crippen molar-refractivity contribution in [2.24, 2.45) is 0 Å². The van der Waals surface area contributed by atoms with Gasteiger partial charge < -0.3 is 10.1 Å². The van der Waals surface area contributed by atoms with Gasteiger partial charge in [-0.15, -0.1) is 0 Å². The summed E-state index contributed by atoms with van der Waals surface area (Å²) in [6, 6.07) is 8.29. The molecule has 25 heavy (non-hydrogen) atoms. The molecule has 1 aromatic rings. The van der Waals surface area contributed by atoms with Gasteiger partial charge in [0.05, 0.1) is 13.2 Å². The molecule has 0 saturated carbocycles. The second kappa shape index (κ2) is 9.53. The van der Waals surface area contributed by atoms with Crippen LogP contribution >= 0.6 is 11.6 Å². The van der Waals surface area contributed by atoms with Crippen LogP contribution in [0.25, 0.3) is 0 Å². The van der Waals surface area contributed by atoms with Crippen LogP contribution in [-0.4, -0.2) is 67.7 Å². The van der Waals surface area contributed by atoms with Crippen LogP contribution in [0.4, 0.5) is 0 Å². The molecule has 0 aromatic heterocycles. The Morgan fingerprint density at radius 3 is 2.68 bits per heavy atom. The number of carbonyl (C=O) groups excluding carboxylic acids is 1. The number of nitrogens with zero attached hydrogens (tertiary/aromatic N) is 2. The average molecular weight is 366 g/mol. The molecule has 2 heterocycles. The van der Waals surface area contributed by atoms with Crippen LogP contribution in [0.5, 0.6) is 0 Å². The Bertz CT molecular complexity index is 546. The van der Waals surface area contributed by atoms with Crippen LogP contribution in [0.15, 0.2) is 24.3 Å². The molecule has 2 saturated heterocycles. The highest BCUT2D eigenvalue weighted by Crippen LogP contribution is 2.16. The number of likely N-dealkylation sites (tertiary alicyclic amines) is 1. The molecule has 0 radical (unpaired) electrons. The Labute approximate surface area is 155 Å². The predicted octanol–water partition coefficient (Wildman–Crippen LogP) is 2.14. The molecule has 138 valence electrons. The molecular weight excluding hydrogens is 338 g/mol. The monoisotopic (exact) mass is 365 g/mol. The Hall–Kier alpha value is -1.14. The van der Waals surface area contributed by atoms with Gasteiger partial charge in [0.2, 0.25) is 5.91 Å². The Morgan fingerprint density at radius 2 is 1.92 bits per heavy atom. The summed E-state index contributed by atoms with van der Waals surface area (Å²) in [7, 11) is 0. The highest BCUT2D eigenvalue weighted by Gasteiger charge is 2.22. The van der Waals surface area contributed by atoms with Crippen LogP contribution in [0.1, 0.15) is 24.8 Å². The number of benzene rings is 1. The summed E-state index contributed by atoms with van der Waals surface area (Å²) in [6.07, 6.45) is 2.77. The SMILES string of the molecule is O=C(CCN1CCOCC1)NC1CCCN(Cc2ccc(Cl)cc2)C1. The Balaban J connectivity index is 1.39. The van der Waals surface area contributed by atoms with Crippen molar-refractivity contribution in [2.45, 2.75) is 31.8 Å². The van der Waals surface area contributed by atoms with E-state index in [2.05, 4.69) is 27.2 Å². The summed E-state index contributed by atoms with van der Waals surface area (Å²) >= 11 is 5.95. The number of ether oxygens (including phenoxy) is 1. The van der Waals surface area contributed by atoms with Crippen LogP contribution in [0.2, 0.25) is 5.02 Å². The van der Waals surface area contributed by atoms with Gasteiger partial charge in [-0.25, -0.2) is 0 Å². The number of nitrogens with one attached hydrogen (secondary N) is 1. The van der Waals surface area contributed by atoms with Crippen LogP contribution in [-0.2, 0) is 16.1 Å². The highest BCUT2D eigenvalue weighted by atomic mass is 35.5. The first-order valence-electron chi connectivity index (χ1n) is 9.25. The second-order valence-electron chi connectivity index (χ2n) is 6.97. The molecule has 0 bridgehead atoms. The summed E-state index contributed by atoms with van der Waals surface area (Å²) in [5.74, 6) is 0.171.